The highest BCUT2D eigenvalue weighted by molar-refractivity contribution is 5.96. The van der Waals surface area contributed by atoms with Crippen molar-refractivity contribution in [1.82, 2.24) is 20.0 Å². The highest BCUT2D eigenvalue weighted by atomic mass is 16.5. The molecular weight excluding hydrogens is 470 g/mol. The van der Waals surface area contributed by atoms with E-state index in [-0.39, 0.29) is 18.4 Å². The summed E-state index contributed by atoms with van der Waals surface area (Å²) in [5.41, 5.74) is 2.27. The Hall–Kier alpha value is -4.14. The number of amides is 2. The predicted octanol–water partition coefficient (Wildman–Crippen LogP) is 3.36. The van der Waals surface area contributed by atoms with E-state index in [0.717, 1.165) is 35.8 Å². The molecule has 1 saturated heterocycles. The summed E-state index contributed by atoms with van der Waals surface area (Å²) in [6.07, 6.45) is 0.809. The van der Waals surface area contributed by atoms with Gasteiger partial charge in [0.25, 0.3) is 5.91 Å². The monoisotopic (exact) mass is 503 g/mol. The van der Waals surface area contributed by atoms with E-state index in [1.165, 1.54) is 0 Å². The average Bonchev–Trinajstić information content (AvgIpc) is 3.22. The summed E-state index contributed by atoms with van der Waals surface area (Å²) < 4.78 is 10.4. The van der Waals surface area contributed by atoms with Crippen LogP contribution in [0.1, 0.15) is 23.7 Å². The van der Waals surface area contributed by atoms with Crippen LogP contribution in [0.25, 0.3) is 11.3 Å². The zero-order valence-electron chi connectivity index (χ0n) is 21.6. The van der Waals surface area contributed by atoms with Gasteiger partial charge in [0.15, 0.2) is 5.82 Å². The van der Waals surface area contributed by atoms with E-state index in [1.54, 1.807) is 43.4 Å². The summed E-state index contributed by atoms with van der Waals surface area (Å²) in [6, 6.07) is 18.6. The van der Waals surface area contributed by atoms with Gasteiger partial charge < -0.3 is 24.2 Å². The van der Waals surface area contributed by atoms with Crippen molar-refractivity contribution in [3.63, 3.8) is 0 Å². The van der Waals surface area contributed by atoms with Gasteiger partial charge in [0.2, 0.25) is 5.91 Å². The molecule has 37 heavy (non-hydrogen) atoms. The number of likely N-dealkylation sites (N-methyl/N-ethyl adjacent to an activating group) is 1. The molecule has 2 heterocycles. The molecule has 2 amide bonds. The van der Waals surface area contributed by atoms with Crippen molar-refractivity contribution in [2.75, 3.05) is 58.4 Å². The SMILES string of the molecule is CCN(CC(=O)N1CCCN(c2ccc(-c3ccc(OC)cc3)nn2)CC1)C(=O)c1cccc(OC)c1. The fraction of sp³-hybridized carbons (Fsp3) is 0.357. The Bertz CT molecular complexity index is 1200. The number of hydrogen-bond donors (Lipinski definition) is 0. The summed E-state index contributed by atoms with van der Waals surface area (Å²) in [5.74, 6) is 1.96. The molecule has 0 saturated carbocycles. The van der Waals surface area contributed by atoms with E-state index in [2.05, 4.69) is 15.1 Å². The van der Waals surface area contributed by atoms with Crippen LogP contribution in [-0.4, -0.2) is 85.3 Å². The van der Waals surface area contributed by atoms with Crippen molar-refractivity contribution >= 4 is 17.6 Å². The summed E-state index contributed by atoms with van der Waals surface area (Å²) in [6.45, 7) is 4.99. The van der Waals surface area contributed by atoms with E-state index in [0.29, 0.717) is 37.5 Å². The molecule has 4 rings (SSSR count). The van der Waals surface area contributed by atoms with Crippen LogP contribution in [0.15, 0.2) is 60.7 Å². The molecule has 194 valence electrons. The van der Waals surface area contributed by atoms with Gasteiger partial charge in [-0.05, 0) is 67.9 Å². The first-order valence-electron chi connectivity index (χ1n) is 12.5. The first-order valence-corrected chi connectivity index (χ1v) is 12.5. The number of methoxy groups -OCH3 is 2. The third-order valence-electron chi connectivity index (χ3n) is 6.52. The molecule has 1 aromatic heterocycles. The second kappa shape index (κ2) is 12.2. The quantitative estimate of drug-likeness (QED) is 0.466. The first-order chi connectivity index (χ1) is 18.0. The van der Waals surface area contributed by atoms with Gasteiger partial charge in [-0.15, -0.1) is 10.2 Å². The van der Waals surface area contributed by atoms with Crippen molar-refractivity contribution in [3.8, 4) is 22.8 Å². The molecule has 0 spiro atoms. The Labute approximate surface area is 217 Å². The molecular formula is C28H33N5O4. The Kier molecular flexibility index (Phi) is 8.56. The number of nitrogens with zero attached hydrogens (tertiary/aromatic N) is 5. The van der Waals surface area contributed by atoms with E-state index in [1.807, 2.05) is 48.2 Å². The van der Waals surface area contributed by atoms with E-state index < -0.39 is 0 Å². The molecule has 0 atom stereocenters. The molecule has 1 aliphatic rings. The Balaban J connectivity index is 1.35. The molecule has 2 aromatic carbocycles. The fourth-order valence-corrected chi connectivity index (χ4v) is 4.33. The first kappa shape index (κ1) is 25.9. The number of carbonyl (C=O) groups is 2. The van der Waals surface area contributed by atoms with Crippen LogP contribution >= 0.6 is 0 Å². The summed E-state index contributed by atoms with van der Waals surface area (Å²) >= 11 is 0. The highest BCUT2D eigenvalue weighted by Gasteiger charge is 2.24. The lowest BCUT2D eigenvalue weighted by atomic mass is 10.1. The van der Waals surface area contributed by atoms with Crippen molar-refractivity contribution < 1.29 is 19.1 Å². The van der Waals surface area contributed by atoms with E-state index >= 15 is 0 Å². The second-order valence-corrected chi connectivity index (χ2v) is 8.78. The van der Waals surface area contributed by atoms with E-state index in [4.69, 9.17) is 9.47 Å². The van der Waals surface area contributed by atoms with Crippen LogP contribution in [0, 0.1) is 0 Å². The molecule has 0 bridgehead atoms. The molecule has 0 N–H and O–H groups in total. The maximum atomic E-state index is 13.1. The van der Waals surface area contributed by atoms with Gasteiger partial charge >= 0.3 is 0 Å². The van der Waals surface area contributed by atoms with Gasteiger partial charge in [-0.1, -0.05) is 6.07 Å². The van der Waals surface area contributed by atoms with Crippen LogP contribution in [0.4, 0.5) is 5.82 Å². The minimum Gasteiger partial charge on any atom is -0.497 e. The van der Waals surface area contributed by atoms with Gasteiger partial charge in [-0.2, -0.15) is 0 Å². The lowest BCUT2D eigenvalue weighted by molar-refractivity contribution is -0.131. The van der Waals surface area contributed by atoms with Gasteiger partial charge in [0.1, 0.15) is 18.0 Å². The van der Waals surface area contributed by atoms with Crippen LogP contribution in [0.2, 0.25) is 0 Å². The minimum absolute atomic E-state index is 0.0446. The van der Waals surface area contributed by atoms with Gasteiger partial charge in [0, 0.05) is 43.9 Å². The Morgan fingerprint density at radius 2 is 1.68 bits per heavy atom. The number of hydrogen-bond acceptors (Lipinski definition) is 7. The summed E-state index contributed by atoms with van der Waals surface area (Å²) in [4.78, 5) is 31.7. The average molecular weight is 504 g/mol. The second-order valence-electron chi connectivity index (χ2n) is 8.78. The lowest BCUT2D eigenvalue weighted by Gasteiger charge is -2.26. The number of ether oxygens (including phenoxy) is 2. The molecule has 1 fully saturated rings. The smallest absolute Gasteiger partial charge is 0.254 e. The zero-order valence-corrected chi connectivity index (χ0v) is 21.6. The number of benzene rings is 2. The zero-order chi connectivity index (χ0) is 26.2. The Morgan fingerprint density at radius 3 is 2.35 bits per heavy atom. The molecule has 3 aromatic rings. The van der Waals surface area contributed by atoms with Gasteiger partial charge in [0.05, 0.1) is 19.9 Å². The minimum atomic E-state index is -0.182. The lowest BCUT2D eigenvalue weighted by Crippen LogP contribution is -2.44. The standard InChI is InChI=1S/C28H33N5O4/c1-4-31(28(35)22-7-5-8-24(19-22)37-3)20-27(34)33-16-6-15-32(17-18-33)26-14-13-25(29-30-26)21-9-11-23(36-2)12-10-21/h5,7-14,19H,4,6,15-18,20H2,1-3H3. The topological polar surface area (TPSA) is 88.1 Å². The third-order valence-corrected chi connectivity index (χ3v) is 6.52. The predicted molar refractivity (Wildman–Crippen MR) is 142 cm³/mol. The largest absolute Gasteiger partial charge is 0.497 e. The van der Waals surface area contributed by atoms with Crippen molar-refractivity contribution in [2.24, 2.45) is 0 Å². The van der Waals surface area contributed by atoms with Crippen LogP contribution in [-0.2, 0) is 4.79 Å². The Morgan fingerprint density at radius 1 is 0.892 bits per heavy atom. The third kappa shape index (κ3) is 6.35. The summed E-state index contributed by atoms with van der Waals surface area (Å²) in [7, 11) is 3.20. The molecule has 0 aliphatic carbocycles. The van der Waals surface area contributed by atoms with E-state index in [9.17, 15) is 9.59 Å². The number of aromatic nitrogens is 2. The summed E-state index contributed by atoms with van der Waals surface area (Å²) in [5, 5.41) is 8.85. The molecule has 0 radical (unpaired) electrons. The number of carbonyl (C=O) groups excluding carboxylic acids is 2. The number of rotatable bonds is 8. The van der Waals surface area contributed by atoms with Crippen LogP contribution < -0.4 is 14.4 Å². The van der Waals surface area contributed by atoms with Crippen molar-refractivity contribution in [2.45, 2.75) is 13.3 Å². The highest BCUT2D eigenvalue weighted by Crippen LogP contribution is 2.22. The molecule has 9 heteroatoms. The normalized spacial score (nSPS) is 13.6. The van der Waals surface area contributed by atoms with Gasteiger partial charge in [-0.3, -0.25) is 9.59 Å². The van der Waals surface area contributed by atoms with Crippen molar-refractivity contribution in [1.29, 1.82) is 0 Å². The maximum absolute atomic E-state index is 13.1. The molecule has 9 nitrogen and oxygen atoms in total. The number of anilines is 1. The maximum Gasteiger partial charge on any atom is 0.254 e. The van der Waals surface area contributed by atoms with Crippen molar-refractivity contribution in [3.05, 3.63) is 66.2 Å². The fourth-order valence-electron chi connectivity index (χ4n) is 4.33. The molecule has 1 aliphatic heterocycles. The van der Waals surface area contributed by atoms with Crippen LogP contribution in [0.5, 0.6) is 11.5 Å². The van der Waals surface area contributed by atoms with Gasteiger partial charge in [-0.25, -0.2) is 0 Å². The van der Waals surface area contributed by atoms with Crippen LogP contribution in [0.3, 0.4) is 0 Å². The molecule has 0 unspecified atom stereocenters.